The molecule has 1 atom stereocenters. The minimum Gasteiger partial charge on any atom is -0.324 e. The molecule has 4 nitrogen and oxygen atoms in total. The van der Waals surface area contributed by atoms with Gasteiger partial charge >= 0.3 is 6.03 Å². The predicted molar refractivity (Wildman–Crippen MR) is 85.4 cm³/mol. The summed E-state index contributed by atoms with van der Waals surface area (Å²) in [5.74, 6) is 0. The third-order valence-corrected chi connectivity index (χ3v) is 4.63. The fraction of sp³-hybridized carbons (Fsp3) is 0.588. The van der Waals surface area contributed by atoms with E-state index in [-0.39, 0.29) is 12.1 Å². The highest BCUT2D eigenvalue weighted by Gasteiger charge is 2.27. The van der Waals surface area contributed by atoms with Gasteiger partial charge in [-0.25, -0.2) is 4.79 Å². The average molecular weight is 287 g/mol. The Hall–Kier alpha value is -1.55. The number of anilines is 1. The number of hydrogen-bond donors (Lipinski definition) is 1. The van der Waals surface area contributed by atoms with E-state index in [0.29, 0.717) is 0 Å². The van der Waals surface area contributed by atoms with Crippen molar-refractivity contribution in [2.75, 3.05) is 24.5 Å². The van der Waals surface area contributed by atoms with Gasteiger partial charge in [-0.3, -0.25) is 4.90 Å². The number of likely N-dealkylation sites (tertiary alicyclic amines) is 1. The second kappa shape index (κ2) is 6.48. The first kappa shape index (κ1) is 14.4. The minimum atomic E-state index is 0.0446. The summed E-state index contributed by atoms with van der Waals surface area (Å²) in [6.07, 6.45) is 6.65. The lowest BCUT2D eigenvalue weighted by Gasteiger charge is -2.30. The van der Waals surface area contributed by atoms with Crippen molar-refractivity contribution in [3.05, 3.63) is 29.8 Å². The summed E-state index contributed by atoms with van der Waals surface area (Å²) in [7, 11) is 0. The van der Waals surface area contributed by atoms with Crippen LogP contribution in [0.25, 0.3) is 0 Å². The first-order valence-electron chi connectivity index (χ1n) is 8.18. The number of para-hydroxylation sites is 1. The van der Waals surface area contributed by atoms with Crippen LogP contribution in [0.3, 0.4) is 0 Å². The Morgan fingerprint density at radius 2 is 1.71 bits per heavy atom. The molecule has 0 spiro atoms. The van der Waals surface area contributed by atoms with Crippen LogP contribution >= 0.6 is 0 Å². The third kappa shape index (κ3) is 3.05. The van der Waals surface area contributed by atoms with Gasteiger partial charge in [-0.2, -0.15) is 0 Å². The van der Waals surface area contributed by atoms with Crippen LogP contribution in [0.5, 0.6) is 0 Å². The molecule has 0 radical (unpaired) electrons. The Morgan fingerprint density at radius 1 is 1.00 bits per heavy atom. The largest absolute Gasteiger partial charge is 0.324 e. The first-order chi connectivity index (χ1) is 10.3. The number of nitrogens with zero attached hydrogens (tertiary/aromatic N) is 2. The molecule has 2 aliphatic rings. The number of carbonyl (C=O) groups is 1. The Morgan fingerprint density at radius 3 is 2.48 bits per heavy atom. The minimum absolute atomic E-state index is 0.0446. The number of amides is 2. The molecule has 1 fully saturated rings. The Kier molecular flexibility index (Phi) is 4.44. The third-order valence-electron chi connectivity index (χ3n) is 4.63. The van der Waals surface area contributed by atoms with Gasteiger partial charge in [0, 0.05) is 25.7 Å². The summed E-state index contributed by atoms with van der Waals surface area (Å²) in [5.41, 5.74) is 8.38. The molecule has 1 saturated heterocycles. The van der Waals surface area contributed by atoms with E-state index in [1.54, 1.807) is 0 Å². The Balaban J connectivity index is 1.86. The highest BCUT2D eigenvalue weighted by molar-refractivity contribution is 5.93. The van der Waals surface area contributed by atoms with E-state index < -0.39 is 0 Å². The van der Waals surface area contributed by atoms with Crippen molar-refractivity contribution in [2.24, 2.45) is 5.73 Å². The van der Waals surface area contributed by atoms with Crippen LogP contribution in [0.1, 0.15) is 50.1 Å². The lowest BCUT2D eigenvalue weighted by Crippen LogP contribution is -2.44. The van der Waals surface area contributed by atoms with Crippen molar-refractivity contribution >= 4 is 11.7 Å². The van der Waals surface area contributed by atoms with Crippen LogP contribution in [0.2, 0.25) is 0 Å². The summed E-state index contributed by atoms with van der Waals surface area (Å²) in [4.78, 5) is 16.9. The van der Waals surface area contributed by atoms with Crippen LogP contribution in [0.15, 0.2) is 24.3 Å². The molecular formula is C17H25N3O. The second-order valence-electron chi connectivity index (χ2n) is 6.14. The molecule has 0 saturated carbocycles. The van der Waals surface area contributed by atoms with E-state index in [0.717, 1.165) is 56.6 Å². The van der Waals surface area contributed by atoms with Crippen molar-refractivity contribution in [1.82, 2.24) is 4.90 Å². The van der Waals surface area contributed by atoms with Gasteiger partial charge in [0.05, 0.1) is 5.69 Å². The monoisotopic (exact) mass is 287 g/mol. The topological polar surface area (TPSA) is 49.6 Å². The highest BCUT2D eigenvalue weighted by atomic mass is 16.2. The van der Waals surface area contributed by atoms with Gasteiger partial charge < -0.3 is 10.6 Å². The van der Waals surface area contributed by atoms with Crippen LogP contribution in [0.4, 0.5) is 10.5 Å². The van der Waals surface area contributed by atoms with Crippen LogP contribution in [0, 0.1) is 0 Å². The van der Waals surface area contributed by atoms with Crippen LogP contribution in [-0.2, 0) is 0 Å². The maximum absolute atomic E-state index is 12.9. The molecule has 1 aromatic carbocycles. The predicted octanol–water partition coefficient (Wildman–Crippen LogP) is 3.28. The molecule has 2 N–H and O–H groups in total. The van der Waals surface area contributed by atoms with Crippen molar-refractivity contribution in [3.8, 4) is 0 Å². The molecule has 1 unspecified atom stereocenters. The Labute approximate surface area is 126 Å². The standard InChI is InChI=1S/C17H25N3O/c18-15-9-7-13-20(16-10-4-3-8-14(15)16)17(21)19-11-5-1-2-6-12-19/h3-4,8,10,15H,1-2,5-7,9,11-13,18H2. The zero-order valence-electron chi connectivity index (χ0n) is 12.6. The number of carbonyl (C=O) groups excluding carboxylic acids is 1. The van der Waals surface area contributed by atoms with E-state index in [9.17, 15) is 4.79 Å². The number of fused-ring (bicyclic) bond motifs is 1. The van der Waals surface area contributed by atoms with Gasteiger partial charge in [0.2, 0.25) is 0 Å². The van der Waals surface area contributed by atoms with Gasteiger partial charge in [0.1, 0.15) is 0 Å². The number of benzene rings is 1. The van der Waals surface area contributed by atoms with Crippen LogP contribution in [-0.4, -0.2) is 30.6 Å². The molecule has 4 heteroatoms. The molecule has 1 aromatic rings. The SMILES string of the molecule is NC1CCCN(C(=O)N2CCCCCC2)c2ccccc21. The molecule has 3 rings (SSSR count). The number of urea groups is 1. The number of rotatable bonds is 0. The molecule has 2 heterocycles. The zero-order valence-corrected chi connectivity index (χ0v) is 12.6. The smallest absolute Gasteiger partial charge is 0.324 e. The fourth-order valence-corrected chi connectivity index (χ4v) is 3.42. The van der Waals surface area contributed by atoms with Gasteiger partial charge in [-0.05, 0) is 37.3 Å². The summed E-state index contributed by atoms with van der Waals surface area (Å²) in [6.45, 7) is 2.56. The first-order valence-corrected chi connectivity index (χ1v) is 8.18. The number of hydrogen-bond acceptors (Lipinski definition) is 2. The maximum atomic E-state index is 12.9. The van der Waals surface area contributed by atoms with Crippen molar-refractivity contribution < 1.29 is 4.79 Å². The fourth-order valence-electron chi connectivity index (χ4n) is 3.42. The van der Waals surface area contributed by atoms with Crippen molar-refractivity contribution in [2.45, 2.75) is 44.6 Å². The highest BCUT2D eigenvalue weighted by Crippen LogP contribution is 2.32. The summed E-state index contributed by atoms with van der Waals surface area (Å²) >= 11 is 0. The van der Waals surface area contributed by atoms with Crippen molar-refractivity contribution in [1.29, 1.82) is 0 Å². The summed E-state index contributed by atoms with van der Waals surface area (Å²) in [5, 5.41) is 0. The van der Waals surface area contributed by atoms with Gasteiger partial charge in [0.15, 0.2) is 0 Å². The van der Waals surface area contributed by atoms with E-state index in [1.807, 2.05) is 28.0 Å². The molecule has 0 aromatic heterocycles. The molecule has 0 aliphatic carbocycles. The van der Waals surface area contributed by atoms with E-state index in [4.69, 9.17) is 5.73 Å². The van der Waals surface area contributed by atoms with E-state index in [1.165, 1.54) is 12.8 Å². The van der Waals surface area contributed by atoms with Gasteiger partial charge in [0.25, 0.3) is 0 Å². The quantitative estimate of drug-likeness (QED) is 0.796. The molecular weight excluding hydrogens is 262 g/mol. The molecule has 2 amide bonds. The van der Waals surface area contributed by atoms with Crippen molar-refractivity contribution in [3.63, 3.8) is 0 Å². The lowest BCUT2D eigenvalue weighted by atomic mass is 10.0. The number of nitrogens with two attached hydrogens (primary N) is 1. The average Bonchev–Trinajstić information content (AvgIpc) is 2.87. The molecule has 2 aliphatic heterocycles. The summed E-state index contributed by atoms with van der Waals surface area (Å²) in [6, 6.07) is 8.32. The maximum Gasteiger partial charge on any atom is 0.324 e. The van der Waals surface area contributed by atoms with E-state index >= 15 is 0 Å². The second-order valence-corrected chi connectivity index (χ2v) is 6.14. The normalized spacial score (nSPS) is 23.2. The molecule has 21 heavy (non-hydrogen) atoms. The molecule has 0 bridgehead atoms. The molecule has 114 valence electrons. The van der Waals surface area contributed by atoms with Gasteiger partial charge in [-0.15, -0.1) is 0 Å². The van der Waals surface area contributed by atoms with Crippen LogP contribution < -0.4 is 10.6 Å². The summed E-state index contributed by atoms with van der Waals surface area (Å²) < 4.78 is 0. The Bertz CT molecular complexity index is 495. The zero-order chi connectivity index (χ0) is 14.7. The van der Waals surface area contributed by atoms with Gasteiger partial charge in [-0.1, -0.05) is 31.0 Å². The lowest BCUT2D eigenvalue weighted by molar-refractivity contribution is 0.206. The van der Waals surface area contributed by atoms with E-state index in [2.05, 4.69) is 6.07 Å².